The van der Waals surface area contributed by atoms with Crippen molar-refractivity contribution in [3.8, 4) is 0 Å². The van der Waals surface area contributed by atoms with Crippen LogP contribution in [0.4, 0.5) is 11.5 Å². The molecule has 2 N–H and O–H groups in total. The molecule has 2 aliphatic heterocycles. The van der Waals surface area contributed by atoms with Gasteiger partial charge in [0.05, 0.1) is 18.1 Å². The normalized spacial score (nSPS) is 19.5. The van der Waals surface area contributed by atoms with E-state index in [1.807, 2.05) is 4.90 Å². The SMILES string of the molecule is CS(=O)(=O)Nc1cnc(N2CCC(CCN3CCCCC3)CC2)c(C(=O)O)c1. The van der Waals surface area contributed by atoms with E-state index in [1.165, 1.54) is 51.0 Å². The molecule has 1 aromatic rings. The van der Waals surface area contributed by atoms with Crippen LogP contribution in [-0.4, -0.2) is 68.4 Å². The average molecular weight is 411 g/mol. The van der Waals surface area contributed by atoms with Gasteiger partial charge in [0.1, 0.15) is 11.4 Å². The molecular formula is C19H30N4O4S. The van der Waals surface area contributed by atoms with E-state index in [0.29, 0.717) is 11.7 Å². The van der Waals surface area contributed by atoms with E-state index in [4.69, 9.17) is 0 Å². The van der Waals surface area contributed by atoms with Crippen LogP contribution >= 0.6 is 0 Å². The summed E-state index contributed by atoms with van der Waals surface area (Å²) in [4.78, 5) is 20.5. The minimum atomic E-state index is -3.48. The molecule has 0 aromatic carbocycles. The van der Waals surface area contributed by atoms with Crippen LogP contribution in [0.15, 0.2) is 12.3 Å². The van der Waals surface area contributed by atoms with Crippen LogP contribution < -0.4 is 9.62 Å². The van der Waals surface area contributed by atoms with Gasteiger partial charge in [-0.1, -0.05) is 6.42 Å². The number of rotatable bonds is 7. The van der Waals surface area contributed by atoms with Gasteiger partial charge >= 0.3 is 5.97 Å². The number of nitrogens with one attached hydrogen (secondary N) is 1. The molecule has 0 saturated carbocycles. The Hall–Kier alpha value is -1.87. The van der Waals surface area contributed by atoms with Crippen LogP contribution in [0.2, 0.25) is 0 Å². The number of pyridine rings is 1. The number of carboxylic acid groups (broad SMARTS) is 1. The number of sulfonamides is 1. The fraction of sp³-hybridized carbons (Fsp3) is 0.684. The van der Waals surface area contributed by atoms with Gasteiger partial charge in [0.25, 0.3) is 0 Å². The van der Waals surface area contributed by atoms with Crippen molar-refractivity contribution >= 4 is 27.5 Å². The van der Waals surface area contributed by atoms with Crippen LogP contribution in [0.5, 0.6) is 0 Å². The lowest BCUT2D eigenvalue weighted by Crippen LogP contribution is -2.37. The predicted molar refractivity (Wildman–Crippen MR) is 110 cm³/mol. The van der Waals surface area contributed by atoms with Crippen molar-refractivity contribution in [3.05, 3.63) is 17.8 Å². The Kier molecular flexibility index (Phi) is 6.77. The third-order valence-electron chi connectivity index (χ3n) is 5.62. The smallest absolute Gasteiger partial charge is 0.339 e. The number of likely N-dealkylation sites (tertiary alicyclic amines) is 1. The number of aromatic carboxylic acids is 1. The number of hydrogen-bond acceptors (Lipinski definition) is 6. The van der Waals surface area contributed by atoms with Gasteiger partial charge in [-0.15, -0.1) is 0 Å². The van der Waals surface area contributed by atoms with Crippen molar-refractivity contribution in [1.82, 2.24) is 9.88 Å². The standard InChI is InChI=1S/C19H30N4O4S/c1-28(26,27)21-16-13-17(19(24)25)18(20-14-16)23-11-6-15(7-12-23)5-10-22-8-3-2-4-9-22/h13-15,21H,2-12H2,1H3,(H,24,25). The highest BCUT2D eigenvalue weighted by molar-refractivity contribution is 7.92. The maximum atomic E-state index is 11.7. The van der Waals surface area contributed by atoms with E-state index < -0.39 is 16.0 Å². The second kappa shape index (κ2) is 9.09. The number of hydrogen-bond donors (Lipinski definition) is 2. The molecule has 2 saturated heterocycles. The number of aromatic nitrogens is 1. The van der Waals surface area contributed by atoms with E-state index in [0.717, 1.165) is 38.7 Å². The van der Waals surface area contributed by atoms with Gasteiger partial charge in [-0.2, -0.15) is 0 Å². The summed E-state index contributed by atoms with van der Waals surface area (Å²) >= 11 is 0. The number of carboxylic acids is 1. The van der Waals surface area contributed by atoms with Crippen molar-refractivity contribution in [2.24, 2.45) is 5.92 Å². The van der Waals surface area contributed by atoms with Crippen LogP contribution in [0, 0.1) is 5.92 Å². The molecule has 0 unspecified atom stereocenters. The van der Waals surface area contributed by atoms with Gasteiger partial charge in [-0.3, -0.25) is 4.72 Å². The lowest BCUT2D eigenvalue weighted by atomic mass is 9.93. The van der Waals surface area contributed by atoms with E-state index in [2.05, 4.69) is 14.6 Å². The number of carbonyl (C=O) groups is 1. The zero-order valence-corrected chi connectivity index (χ0v) is 17.2. The summed E-state index contributed by atoms with van der Waals surface area (Å²) in [7, 11) is -3.48. The Balaban J connectivity index is 1.59. The highest BCUT2D eigenvalue weighted by Crippen LogP contribution is 2.28. The van der Waals surface area contributed by atoms with E-state index in [1.54, 1.807) is 0 Å². The molecule has 156 valence electrons. The lowest BCUT2D eigenvalue weighted by Gasteiger charge is -2.35. The molecule has 0 aliphatic carbocycles. The third kappa shape index (κ3) is 5.81. The topological polar surface area (TPSA) is 103 Å². The number of anilines is 2. The van der Waals surface area contributed by atoms with Gasteiger partial charge in [-0.25, -0.2) is 18.2 Å². The fourth-order valence-electron chi connectivity index (χ4n) is 4.12. The van der Waals surface area contributed by atoms with Gasteiger partial charge in [0, 0.05) is 13.1 Å². The Bertz CT molecular complexity index is 785. The molecule has 1 aromatic heterocycles. The van der Waals surface area contributed by atoms with Crippen LogP contribution in [-0.2, 0) is 10.0 Å². The predicted octanol–water partition coefficient (Wildman–Crippen LogP) is 2.24. The van der Waals surface area contributed by atoms with E-state index in [-0.39, 0.29) is 11.3 Å². The molecule has 9 heteroatoms. The average Bonchev–Trinajstić information content (AvgIpc) is 2.66. The molecule has 8 nitrogen and oxygen atoms in total. The minimum absolute atomic E-state index is 0.0282. The summed E-state index contributed by atoms with van der Waals surface area (Å²) in [5.41, 5.74) is 0.195. The summed E-state index contributed by atoms with van der Waals surface area (Å²) in [6.45, 7) is 5.15. The molecule has 2 fully saturated rings. The summed E-state index contributed by atoms with van der Waals surface area (Å²) in [6, 6.07) is 1.34. The van der Waals surface area contributed by atoms with Gasteiger partial charge in [-0.05, 0) is 63.7 Å². The zero-order valence-electron chi connectivity index (χ0n) is 16.4. The molecule has 0 bridgehead atoms. The fourth-order valence-corrected chi connectivity index (χ4v) is 4.66. The summed E-state index contributed by atoms with van der Waals surface area (Å²) in [5, 5.41) is 9.55. The quantitative estimate of drug-likeness (QED) is 0.710. The van der Waals surface area contributed by atoms with Gasteiger partial charge in [0.2, 0.25) is 10.0 Å². The first-order chi connectivity index (χ1) is 13.3. The lowest BCUT2D eigenvalue weighted by molar-refractivity contribution is 0.0697. The number of nitrogens with zero attached hydrogens (tertiary/aromatic N) is 3. The first-order valence-electron chi connectivity index (χ1n) is 10.0. The molecule has 0 amide bonds. The summed E-state index contributed by atoms with van der Waals surface area (Å²) in [5.74, 6) is -0.0227. The molecular weight excluding hydrogens is 380 g/mol. The van der Waals surface area contributed by atoms with Crippen molar-refractivity contribution in [1.29, 1.82) is 0 Å². The molecule has 0 spiro atoms. The van der Waals surface area contributed by atoms with Crippen LogP contribution in [0.3, 0.4) is 0 Å². The van der Waals surface area contributed by atoms with Crippen LogP contribution in [0.25, 0.3) is 0 Å². The zero-order chi connectivity index (χ0) is 20.1. The Morgan fingerprint density at radius 1 is 1.21 bits per heavy atom. The maximum Gasteiger partial charge on any atom is 0.339 e. The molecule has 28 heavy (non-hydrogen) atoms. The van der Waals surface area contributed by atoms with Crippen LogP contribution in [0.1, 0.15) is 48.9 Å². The highest BCUT2D eigenvalue weighted by Gasteiger charge is 2.25. The largest absolute Gasteiger partial charge is 0.478 e. The summed E-state index contributed by atoms with van der Waals surface area (Å²) in [6.07, 6.45) is 9.63. The molecule has 0 atom stereocenters. The minimum Gasteiger partial charge on any atom is -0.478 e. The highest BCUT2D eigenvalue weighted by atomic mass is 32.2. The number of piperidine rings is 2. The molecule has 3 rings (SSSR count). The molecule has 0 radical (unpaired) electrons. The van der Waals surface area contributed by atoms with Crippen molar-refractivity contribution < 1.29 is 18.3 Å². The second-order valence-electron chi connectivity index (χ2n) is 7.90. The van der Waals surface area contributed by atoms with Crippen molar-refractivity contribution in [3.63, 3.8) is 0 Å². The Morgan fingerprint density at radius 2 is 1.89 bits per heavy atom. The third-order valence-corrected chi connectivity index (χ3v) is 6.22. The molecule has 3 heterocycles. The van der Waals surface area contributed by atoms with E-state index >= 15 is 0 Å². The second-order valence-corrected chi connectivity index (χ2v) is 9.64. The van der Waals surface area contributed by atoms with Crippen molar-refractivity contribution in [2.45, 2.75) is 38.5 Å². The van der Waals surface area contributed by atoms with E-state index in [9.17, 15) is 18.3 Å². The first-order valence-corrected chi connectivity index (χ1v) is 11.9. The van der Waals surface area contributed by atoms with Gasteiger partial charge in [0.15, 0.2) is 0 Å². The monoisotopic (exact) mass is 410 g/mol. The Morgan fingerprint density at radius 3 is 2.50 bits per heavy atom. The van der Waals surface area contributed by atoms with Crippen molar-refractivity contribution in [2.75, 3.05) is 48.6 Å². The molecule has 2 aliphatic rings. The maximum absolute atomic E-state index is 11.7. The summed E-state index contributed by atoms with van der Waals surface area (Å²) < 4.78 is 25.0. The first kappa shape index (κ1) is 20.9. The van der Waals surface area contributed by atoms with Gasteiger partial charge < -0.3 is 14.9 Å². The Labute approximate surface area is 167 Å².